The molecule has 1 saturated heterocycles. The van der Waals surface area contributed by atoms with Gasteiger partial charge in [0.15, 0.2) is 0 Å². The number of hydrogen-bond donors (Lipinski definition) is 0. The van der Waals surface area contributed by atoms with Crippen LogP contribution in [0.4, 0.5) is 13.2 Å². The highest BCUT2D eigenvalue weighted by Crippen LogP contribution is 2.51. The lowest BCUT2D eigenvalue weighted by Gasteiger charge is -2.40. The molecular formula is C33H40F3NO3. The number of esters is 1. The summed E-state index contributed by atoms with van der Waals surface area (Å²) in [7, 11) is 1.46. The van der Waals surface area contributed by atoms with E-state index < -0.39 is 11.7 Å². The third kappa shape index (κ3) is 5.03. The zero-order valence-electron chi connectivity index (χ0n) is 23.8. The van der Waals surface area contributed by atoms with Gasteiger partial charge in [0.05, 0.1) is 18.6 Å². The van der Waals surface area contributed by atoms with Crippen molar-refractivity contribution < 1.29 is 27.4 Å². The Morgan fingerprint density at radius 2 is 1.85 bits per heavy atom. The highest BCUT2D eigenvalue weighted by Gasteiger charge is 2.50. The minimum atomic E-state index is -4.35. The van der Waals surface area contributed by atoms with Crippen molar-refractivity contribution >= 4 is 5.97 Å². The van der Waals surface area contributed by atoms with Crippen molar-refractivity contribution in [1.82, 2.24) is 4.90 Å². The molecule has 2 aromatic carbocycles. The van der Waals surface area contributed by atoms with Gasteiger partial charge in [-0.2, -0.15) is 13.2 Å². The van der Waals surface area contributed by atoms with E-state index in [1.165, 1.54) is 18.7 Å². The molecule has 2 bridgehead atoms. The van der Waals surface area contributed by atoms with Crippen LogP contribution in [-0.4, -0.2) is 36.7 Å². The standard InChI is InChI=1S/C33H40F3NO3/c1-18-5-11-28(33(34,35)36)26(13-18)20(3)37-17-24-14-25(37)16-27(24)29-12-10-21-6-9-23(15-30(21)40-29)31(22-7-8-22)19(2)32(38)39-4/h5-6,9,11,13,15,19-20,22,24-25,27,29,31H,7-8,10,12,14,16-17H2,1-4H3/t19-,20-,24?,25?,27?,29?,31-/m0/s1. The number of carbonyl (C=O) groups is 1. The number of hydrogen-bond acceptors (Lipinski definition) is 4. The molecule has 0 spiro atoms. The fourth-order valence-electron chi connectivity index (χ4n) is 8.09. The normalized spacial score (nSPS) is 28.5. The van der Waals surface area contributed by atoms with E-state index in [0.29, 0.717) is 23.3 Å². The number of carbonyl (C=O) groups excluding carboxylic acids is 1. The van der Waals surface area contributed by atoms with Gasteiger partial charge >= 0.3 is 12.1 Å². The van der Waals surface area contributed by atoms with E-state index in [2.05, 4.69) is 23.1 Å². The molecule has 2 aliphatic heterocycles. The molecule has 4 nitrogen and oxygen atoms in total. The first-order chi connectivity index (χ1) is 19.0. The van der Waals surface area contributed by atoms with Crippen molar-refractivity contribution in [3.05, 3.63) is 64.2 Å². The third-order valence-electron chi connectivity index (χ3n) is 10.3. The van der Waals surface area contributed by atoms with Gasteiger partial charge in [-0.3, -0.25) is 9.69 Å². The second-order valence-electron chi connectivity index (χ2n) is 12.7. The Hall–Kier alpha value is -2.54. The average Bonchev–Trinajstić information content (AvgIpc) is 3.55. The Bertz CT molecular complexity index is 1270. The lowest BCUT2D eigenvalue weighted by atomic mass is 9.81. The molecule has 0 radical (unpaired) electrons. The number of methoxy groups -OCH3 is 1. The number of likely N-dealkylation sites (tertiary alicyclic amines) is 1. The largest absolute Gasteiger partial charge is 0.490 e. The number of fused-ring (bicyclic) bond motifs is 3. The number of halogens is 3. The van der Waals surface area contributed by atoms with Gasteiger partial charge in [-0.25, -0.2) is 0 Å². The van der Waals surface area contributed by atoms with Crippen molar-refractivity contribution in [3.8, 4) is 5.75 Å². The Morgan fingerprint density at radius 1 is 1.07 bits per heavy atom. The van der Waals surface area contributed by atoms with E-state index in [-0.39, 0.29) is 36.0 Å². The number of alkyl halides is 3. The summed E-state index contributed by atoms with van der Waals surface area (Å²) in [5, 5.41) is 0. The number of rotatable bonds is 7. The van der Waals surface area contributed by atoms with E-state index >= 15 is 0 Å². The second-order valence-corrected chi connectivity index (χ2v) is 12.7. The van der Waals surface area contributed by atoms with Crippen LogP contribution in [0.1, 0.15) is 85.7 Å². The zero-order valence-corrected chi connectivity index (χ0v) is 23.8. The topological polar surface area (TPSA) is 38.8 Å². The number of piperidine rings is 1. The molecule has 6 rings (SSSR count). The van der Waals surface area contributed by atoms with E-state index in [1.807, 2.05) is 20.8 Å². The number of ether oxygens (including phenoxy) is 2. The molecule has 2 aromatic rings. The SMILES string of the molecule is COC(=O)[C@@H](C)[C@H](c1ccc2c(c1)OC(C1CC3CC1CN3[C@@H](C)c1cc(C)ccc1C(F)(F)F)CC2)C1CC1. The first kappa shape index (κ1) is 27.6. The molecule has 2 aliphatic carbocycles. The molecule has 0 N–H and O–H groups in total. The van der Waals surface area contributed by atoms with Crippen molar-refractivity contribution in [2.75, 3.05) is 13.7 Å². The van der Waals surface area contributed by atoms with E-state index in [9.17, 15) is 18.0 Å². The van der Waals surface area contributed by atoms with Gasteiger partial charge in [-0.1, -0.05) is 36.8 Å². The van der Waals surface area contributed by atoms with Gasteiger partial charge in [-0.15, -0.1) is 0 Å². The fraction of sp³-hybridized carbons (Fsp3) is 0.606. The predicted molar refractivity (Wildman–Crippen MR) is 147 cm³/mol. The molecule has 0 aromatic heterocycles. The van der Waals surface area contributed by atoms with Crippen LogP contribution in [0.5, 0.6) is 5.75 Å². The quantitative estimate of drug-likeness (QED) is 0.332. The highest BCUT2D eigenvalue weighted by molar-refractivity contribution is 5.73. The van der Waals surface area contributed by atoms with Gasteiger partial charge in [0.1, 0.15) is 11.9 Å². The minimum absolute atomic E-state index is 0.123. The van der Waals surface area contributed by atoms with Gasteiger partial charge in [-0.05, 0) is 98.9 Å². The van der Waals surface area contributed by atoms with Crippen LogP contribution < -0.4 is 4.74 Å². The predicted octanol–water partition coefficient (Wildman–Crippen LogP) is 7.48. The molecule has 4 unspecified atom stereocenters. The summed E-state index contributed by atoms with van der Waals surface area (Å²) in [6.07, 6.45) is 1.97. The molecule has 3 fully saturated rings. The van der Waals surface area contributed by atoms with Crippen molar-refractivity contribution in [2.45, 2.75) is 89.6 Å². The van der Waals surface area contributed by atoms with Crippen LogP contribution in [0.15, 0.2) is 36.4 Å². The Labute approximate surface area is 235 Å². The van der Waals surface area contributed by atoms with E-state index in [4.69, 9.17) is 9.47 Å². The summed E-state index contributed by atoms with van der Waals surface area (Å²) < 4.78 is 53.2. The molecular weight excluding hydrogens is 515 g/mol. The number of aryl methyl sites for hydroxylation is 2. The van der Waals surface area contributed by atoms with Crippen LogP contribution >= 0.6 is 0 Å². The van der Waals surface area contributed by atoms with Gasteiger partial charge in [0.2, 0.25) is 0 Å². The monoisotopic (exact) mass is 555 g/mol. The lowest BCUT2D eigenvalue weighted by Crippen LogP contribution is -2.43. The Balaban J connectivity index is 1.16. The van der Waals surface area contributed by atoms with Crippen LogP contribution in [0.25, 0.3) is 0 Å². The average molecular weight is 556 g/mol. The van der Waals surface area contributed by atoms with E-state index in [1.54, 1.807) is 12.1 Å². The number of nitrogens with zero attached hydrogens (tertiary/aromatic N) is 1. The first-order valence-corrected chi connectivity index (χ1v) is 14.9. The smallest absolute Gasteiger partial charge is 0.416 e. The Morgan fingerprint density at radius 3 is 2.50 bits per heavy atom. The molecule has 2 heterocycles. The maximum absolute atomic E-state index is 13.8. The summed E-state index contributed by atoms with van der Waals surface area (Å²) in [5.74, 6) is 2.08. The van der Waals surface area contributed by atoms with Crippen LogP contribution in [0.3, 0.4) is 0 Å². The summed E-state index contributed by atoms with van der Waals surface area (Å²) in [6.45, 7) is 6.57. The molecule has 2 saturated carbocycles. The molecule has 0 amide bonds. The van der Waals surface area contributed by atoms with Gasteiger partial charge in [0.25, 0.3) is 0 Å². The van der Waals surface area contributed by atoms with Crippen LogP contribution in [-0.2, 0) is 22.1 Å². The van der Waals surface area contributed by atoms with Crippen molar-refractivity contribution in [2.24, 2.45) is 23.7 Å². The Kier molecular flexibility index (Phi) is 7.17. The number of benzene rings is 2. The summed E-state index contributed by atoms with van der Waals surface area (Å²) in [5.41, 5.74) is 3.11. The van der Waals surface area contributed by atoms with Crippen molar-refractivity contribution in [1.29, 1.82) is 0 Å². The fourth-order valence-corrected chi connectivity index (χ4v) is 8.09. The molecule has 7 atom stereocenters. The van der Waals surface area contributed by atoms with Crippen LogP contribution in [0.2, 0.25) is 0 Å². The van der Waals surface area contributed by atoms with Gasteiger partial charge < -0.3 is 9.47 Å². The maximum Gasteiger partial charge on any atom is 0.416 e. The molecule has 40 heavy (non-hydrogen) atoms. The maximum atomic E-state index is 13.8. The minimum Gasteiger partial charge on any atom is -0.490 e. The molecule has 216 valence electrons. The molecule has 7 heteroatoms. The zero-order chi connectivity index (χ0) is 28.3. The van der Waals surface area contributed by atoms with Crippen LogP contribution in [0, 0.1) is 30.6 Å². The first-order valence-electron chi connectivity index (χ1n) is 14.9. The highest BCUT2D eigenvalue weighted by atomic mass is 19.4. The summed E-state index contributed by atoms with van der Waals surface area (Å²) >= 11 is 0. The van der Waals surface area contributed by atoms with Crippen molar-refractivity contribution in [3.63, 3.8) is 0 Å². The summed E-state index contributed by atoms with van der Waals surface area (Å²) in [6, 6.07) is 11.0. The second kappa shape index (κ2) is 10.4. The third-order valence-corrected chi connectivity index (χ3v) is 10.3. The molecule has 4 aliphatic rings. The summed E-state index contributed by atoms with van der Waals surface area (Å²) in [4.78, 5) is 14.7. The lowest BCUT2D eigenvalue weighted by molar-refractivity contribution is -0.145. The van der Waals surface area contributed by atoms with Gasteiger partial charge in [0, 0.05) is 24.5 Å². The van der Waals surface area contributed by atoms with E-state index in [0.717, 1.165) is 61.9 Å².